The summed E-state index contributed by atoms with van der Waals surface area (Å²) in [5, 5.41) is 9.48. The highest BCUT2D eigenvalue weighted by Crippen LogP contribution is 2.65. The lowest BCUT2D eigenvalue weighted by Crippen LogP contribution is -2.46. The average molecular weight is 401 g/mol. The smallest absolute Gasteiger partial charge is 0.0459 e. The van der Waals surface area contributed by atoms with E-state index in [-0.39, 0.29) is 0 Å². The Morgan fingerprint density at radius 1 is 0.897 bits per heavy atom. The number of allylic oxidation sites excluding steroid dienone is 2. The molecule has 3 saturated carbocycles. The minimum Gasteiger partial charge on any atom is -0.396 e. The second-order valence-electron chi connectivity index (χ2n) is 12.3. The van der Waals surface area contributed by atoms with E-state index < -0.39 is 0 Å². The Hall–Kier alpha value is -0.300. The molecule has 0 amide bonds. The largest absolute Gasteiger partial charge is 0.396 e. The Morgan fingerprint density at radius 3 is 2.45 bits per heavy atom. The molecular weight excluding hydrogens is 352 g/mol. The van der Waals surface area contributed by atoms with Gasteiger partial charge in [-0.1, -0.05) is 71.4 Å². The van der Waals surface area contributed by atoms with Crippen LogP contribution in [0.3, 0.4) is 0 Å². The number of fused-ring (bicyclic) bond motifs is 4. The van der Waals surface area contributed by atoms with Crippen LogP contribution in [-0.2, 0) is 0 Å². The van der Waals surface area contributed by atoms with Crippen LogP contribution >= 0.6 is 0 Å². The Bertz CT molecular complexity index is 620. The summed E-state index contributed by atoms with van der Waals surface area (Å²) >= 11 is 0. The van der Waals surface area contributed by atoms with Crippen molar-refractivity contribution < 1.29 is 5.11 Å². The Morgan fingerprint density at radius 2 is 1.69 bits per heavy atom. The zero-order chi connectivity index (χ0) is 20.8. The summed E-state index contributed by atoms with van der Waals surface area (Å²) in [5.41, 5.74) is 5.04. The quantitative estimate of drug-likeness (QED) is 0.451. The predicted octanol–water partition coefficient (Wildman–Crippen LogP) is 7.78. The standard InChI is InChI=1S/C28H48O/c1-19(21(3)18-29)9-10-20(2)24-13-14-25-23-12-11-22-8-6-7-16-27(22,4)26(23)15-17-28(24,25)5/h19-22,24,26,29H,6-18H2,1-5H3/t19-,20+,21?,22+,24+,26-,27-,28+/m0/s1. The summed E-state index contributed by atoms with van der Waals surface area (Å²) in [7, 11) is 0. The first-order valence-electron chi connectivity index (χ1n) is 13.1. The fourth-order valence-electron chi connectivity index (χ4n) is 8.67. The minimum atomic E-state index is 0.341. The van der Waals surface area contributed by atoms with Crippen LogP contribution in [0.5, 0.6) is 0 Å². The van der Waals surface area contributed by atoms with Crippen molar-refractivity contribution in [1.82, 2.24) is 0 Å². The summed E-state index contributed by atoms with van der Waals surface area (Å²) in [6.07, 6.45) is 17.3. The normalized spacial score (nSPS) is 42.6. The summed E-state index contributed by atoms with van der Waals surface area (Å²) in [4.78, 5) is 0. The molecule has 0 aromatic carbocycles. The highest BCUT2D eigenvalue weighted by atomic mass is 16.3. The Labute approximate surface area is 181 Å². The van der Waals surface area contributed by atoms with E-state index in [1.807, 2.05) is 11.1 Å². The molecule has 1 N–H and O–H groups in total. The molecule has 4 aliphatic rings. The monoisotopic (exact) mass is 400 g/mol. The second kappa shape index (κ2) is 8.33. The van der Waals surface area contributed by atoms with E-state index in [4.69, 9.17) is 0 Å². The van der Waals surface area contributed by atoms with Gasteiger partial charge in [-0.05, 0) is 97.7 Å². The lowest BCUT2D eigenvalue weighted by atomic mass is 9.49. The fourth-order valence-corrected chi connectivity index (χ4v) is 8.67. The lowest BCUT2D eigenvalue weighted by Gasteiger charge is -2.56. The minimum absolute atomic E-state index is 0.341. The first kappa shape index (κ1) is 21.9. The van der Waals surface area contributed by atoms with Crippen molar-refractivity contribution in [1.29, 1.82) is 0 Å². The molecule has 1 nitrogen and oxygen atoms in total. The molecule has 0 heterocycles. The highest BCUT2D eigenvalue weighted by Gasteiger charge is 2.54. The van der Waals surface area contributed by atoms with Crippen LogP contribution < -0.4 is 0 Å². The summed E-state index contributed by atoms with van der Waals surface area (Å²) in [6.45, 7) is 12.8. The van der Waals surface area contributed by atoms with Crippen molar-refractivity contribution in [2.75, 3.05) is 6.61 Å². The van der Waals surface area contributed by atoms with E-state index in [9.17, 15) is 5.11 Å². The van der Waals surface area contributed by atoms with E-state index in [1.54, 1.807) is 0 Å². The molecule has 166 valence electrons. The van der Waals surface area contributed by atoms with Crippen LogP contribution in [0.2, 0.25) is 0 Å². The van der Waals surface area contributed by atoms with Gasteiger partial charge in [0.15, 0.2) is 0 Å². The SMILES string of the molecule is CC(CO)[C@@H](C)CC[C@@H](C)[C@H]1CCC2=C3CC[C@H]4CCCC[C@]4(C)[C@H]3CC[C@@]21C. The van der Waals surface area contributed by atoms with Gasteiger partial charge < -0.3 is 5.11 Å². The molecule has 4 aliphatic carbocycles. The molecule has 8 atom stereocenters. The third kappa shape index (κ3) is 3.66. The first-order chi connectivity index (χ1) is 13.8. The van der Waals surface area contributed by atoms with Crippen LogP contribution in [-0.4, -0.2) is 11.7 Å². The van der Waals surface area contributed by atoms with Crippen molar-refractivity contribution in [2.24, 2.45) is 46.3 Å². The van der Waals surface area contributed by atoms with Crippen LogP contribution in [0.15, 0.2) is 11.1 Å². The number of rotatable bonds is 6. The first-order valence-corrected chi connectivity index (χ1v) is 13.1. The molecule has 29 heavy (non-hydrogen) atoms. The number of hydrogen-bond donors (Lipinski definition) is 1. The van der Waals surface area contributed by atoms with Gasteiger partial charge in [0.25, 0.3) is 0 Å². The molecule has 0 aromatic rings. The fraction of sp³-hybridized carbons (Fsp3) is 0.929. The summed E-state index contributed by atoms with van der Waals surface area (Å²) in [5.74, 6) is 4.74. The Kier molecular flexibility index (Phi) is 6.29. The van der Waals surface area contributed by atoms with Gasteiger partial charge in [-0.25, -0.2) is 0 Å². The molecule has 0 radical (unpaired) electrons. The van der Waals surface area contributed by atoms with Crippen LogP contribution in [0.25, 0.3) is 0 Å². The number of aliphatic hydroxyl groups is 1. The van der Waals surface area contributed by atoms with Gasteiger partial charge in [0.2, 0.25) is 0 Å². The van der Waals surface area contributed by atoms with E-state index in [0.717, 1.165) is 23.7 Å². The zero-order valence-electron chi connectivity index (χ0n) is 20.1. The van der Waals surface area contributed by atoms with Crippen molar-refractivity contribution in [3.05, 3.63) is 11.1 Å². The maximum absolute atomic E-state index is 9.48. The number of aliphatic hydroxyl groups excluding tert-OH is 1. The molecule has 4 rings (SSSR count). The Balaban J connectivity index is 1.50. The summed E-state index contributed by atoms with van der Waals surface area (Å²) < 4.78 is 0. The molecular formula is C28H48O. The van der Waals surface area contributed by atoms with Crippen LogP contribution in [0.1, 0.15) is 112 Å². The third-order valence-electron chi connectivity index (χ3n) is 11.0. The number of hydrogen-bond acceptors (Lipinski definition) is 1. The predicted molar refractivity (Wildman–Crippen MR) is 124 cm³/mol. The topological polar surface area (TPSA) is 20.2 Å². The van der Waals surface area contributed by atoms with Crippen LogP contribution in [0.4, 0.5) is 0 Å². The molecule has 0 aromatic heterocycles. The van der Waals surface area contributed by atoms with E-state index in [2.05, 4.69) is 34.6 Å². The molecule has 0 bridgehead atoms. The van der Waals surface area contributed by atoms with E-state index >= 15 is 0 Å². The van der Waals surface area contributed by atoms with Crippen molar-refractivity contribution in [2.45, 2.75) is 112 Å². The molecule has 0 aliphatic heterocycles. The molecule has 3 fully saturated rings. The molecule has 0 spiro atoms. The maximum Gasteiger partial charge on any atom is 0.0459 e. The van der Waals surface area contributed by atoms with Gasteiger partial charge in [-0.2, -0.15) is 0 Å². The van der Waals surface area contributed by atoms with Gasteiger partial charge in [-0.3, -0.25) is 0 Å². The van der Waals surface area contributed by atoms with Crippen molar-refractivity contribution >= 4 is 0 Å². The molecule has 1 unspecified atom stereocenters. The van der Waals surface area contributed by atoms with Crippen LogP contribution in [0, 0.1) is 46.3 Å². The van der Waals surface area contributed by atoms with Crippen molar-refractivity contribution in [3.63, 3.8) is 0 Å². The lowest BCUT2D eigenvalue weighted by molar-refractivity contribution is 0.00917. The molecule has 1 heteroatoms. The summed E-state index contributed by atoms with van der Waals surface area (Å²) in [6, 6.07) is 0. The van der Waals surface area contributed by atoms with Gasteiger partial charge >= 0.3 is 0 Å². The maximum atomic E-state index is 9.48. The zero-order valence-corrected chi connectivity index (χ0v) is 20.1. The van der Waals surface area contributed by atoms with Gasteiger partial charge in [0.1, 0.15) is 0 Å². The molecule has 0 saturated heterocycles. The van der Waals surface area contributed by atoms with E-state index in [1.165, 1.54) is 77.0 Å². The third-order valence-corrected chi connectivity index (χ3v) is 11.0. The van der Waals surface area contributed by atoms with E-state index in [0.29, 0.717) is 29.3 Å². The van der Waals surface area contributed by atoms with Gasteiger partial charge in [0.05, 0.1) is 0 Å². The van der Waals surface area contributed by atoms with Crippen molar-refractivity contribution in [3.8, 4) is 0 Å². The highest BCUT2D eigenvalue weighted by molar-refractivity contribution is 5.34. The van der Waals surface area contributed by atoms with Gasteiger partial charge in [0, 0.05) is 6.61 Å². The average Bonchev–Trinajstić information content (AvgIpc) is 3.08. The second-order valence-corrected chi connectivity index (χ2v) is 12.3. The van der Waals surface area contributed by atoms with Gasteiger partial charge in [-0.15, -0.1) is 0 Å².